The number of thioether (sulfide) groups is 3. The fourth-order valence-corrected chi connectivity index (χ4v) is 6.16. The lowest BCUT2D eigenvalue weighted by molar-refractivity contribution is 1.08. The average molecular weight is 349 g/mol. The van der Waals surface area contributed by atoms with Crippen molar-refractivity contribution >= 4 is 73.2 Å². The monoisotopic (exact) mass is 348 g/mol. The minimum absolute atomic E-state index is 0.673. The van der Waals surface area contributed by atoms with Gasteiger partial charge in [-0.3, -0.25) is 0 Å². The van der Waals surface area contributed by atoms with E-state index in [2.05, 4.69) is 68.3 Å². The van der Waals surface area contributed by atoms with Crippen LogP contribution >= 0.6 is 73.2 Å². The standard InChI is InChI=1S/C11H24S6/c1-2-4-16-10(6-13)8-15-9-11(7-14)17-5-3-12/h10-14H,2-9H2,1H3. The van der Waals surface area contributed by atoms with E-state index in [4.69, 9.17) is 0 Å². The molecule has 0 radical (unpaired) electrons. The summed E-state index contributed by atoms with van der Waals surface area (Å²) in [7, 11) is 0. The third kappa shape index (κ3) is 11.6. The molecular formula is C11H24S6. The van der Waals surface area contributed by atoms with Gasteiger partial charge in [0.2, 0.25) is 0 Å². The van der Waals surface area contributed by atoms with E-state index in [9.17, 15) is 0 Å². The maximum absolute atomic E-state index is 4.43. The Balaban J connectivity index is 3.61. The lowest BCUT2D eigenvalue weighted by Crippen LogP contribution is -2.14. The Morgan fingerprint density at radius 2 is 1.41 bits per heavy atom. The summed E-state index contributed by atoms with van der Waals surface area (Å²) in [4.78, 5) is 0. The summed E-state index contributed by atoms with van der Waals surface area (Å²) in [6, 6.07) is 0. The van der Waals surface area contributed by atoms with Crippen LogP contribution in [0.3, 0.4) is 0 Å². The molecular weight excluding hydrogens is 325 g/mol. The van der Waals surface area contributed by atoms with Crippen molar-refractivity contribution in [1.29, 1.82) is 0 Å². The summed E-state index contributed by atoms with van der Waals surface area (Å²) in [5.41, 5.74) is 0. The Morgan fingerprint density at radius 3 is 1.82 bits per heavy atom. The van der Waals surface area contributed by atoms with Crippen LogP contribution in [-0.4, -0.2) is 50.8 Å². The van der Waals surface area contributed by atoms with Gasteiger partial charge in [-0.15, -0.1) is 0 Å². The molecule has 0 aliphatic heterocycles. The molecule has 0 heterocycles. The molecule has 0 saturated carbocycles. The first-order valence-corrected chi connectivity index (χ1v) is 11.1. The van der Waals surface area contributed by atoms with Crippen LogP contribution in [0.1, 0.15) is 13.3 Å². The molecule has 0 saturated heterocycles. The second kappa shape index (κ2) is 14.5. The van der Waals surface area contributed by atoms with Gasteiger partial charge < -0.3 is 0 Å². The van der Waals surface area contributed by atoms with Gasteiger partial charge in [0.1, 0.15) is 0 Å². The molecule has 104 valence electrons. The van der Waals surface area contributed by atoms with Crippen molar-refractivity contribution in [2.24, 2.45) is 0 Å². The van der Waals surface area contributed by atoms with Gasteiger partial charge in [0.25, 0.3) is 0 Å². The maximum Gasteiger partial charge on any atom is 0.0226 e. The zero-order chi connectivity index (χ0) is 12.9. The molecule has 0 fully saturated rings. The van der Waals surface area contributed by atoms with Gasteiger partial charge in [0.15, 0.2) is 0 Å². The van der Waals surface area contributed by atoms with E-state index in [1.54, 1.807) is 0 Å². The van der Waals surface area contributed by atoms with E-state index in [1.165, 1.54) is 23.7 Å². The molecule has 0 aliphatic rings. The highest BCUT2D eigenvalue weighted by Gasteiger charge is 2.10. The van der Waals surface area contributed by atoms with Gasteiger partial charge >= 0.3 is 0 Å². The molecule has 2 unspecified atom stereocenters. The van der Waals surface area contributed by atoms with Crippen molar-refractivity contribution in [1.82, 2.24) is 0 Å². The van der Waals surface area contributed by atoms with Crippen LogP contribution in [0, 0.1) is 0 Å². The molecule has 0 aromatic heterocycles. The highest BCUT2D eigenvalue weighted by Crippen LogP contribution is 2.23. The lowest BCUT2D eigenvalue weighted by atomic mass is 10.5. The molecule has 2 atom stereocenters. The predicted octanol–water partition coefficient (Wildman–Crippen LogP) is 4.12. The summed E-state index contributed by atoms with van der Waals surface area (Å²) < 4.78 is 0. The van der Waals surface area contributed by atoms with Crippen LogP contribution < -0.4 is 0 Å². The van der Waals surface area contributed by atoms with E-state index in [1.807, 2.05) is 11.8 Å². The third-order valence-electron chi connectivity index (χ3n) is 2.02. The van der Waals surface area contributed by atoms with Crippen LogP contribution in [0.25, 0.3) is 0 Å². The Bertz CT molecular complexity index is 139. The second-order valence-electron chi connectivity index (χ2n) is 3.61. The Labute approximate surface area is 136 Å². The quantitative estimate of drug-likeness (QED) is 0.454. The van der Waals surface area contributed by atoms with Crippen LogP contribution in [0.4, 0.5) is 0 Å². The van der Waals surface area contributed by atoms with Crippen LogP contribution in [0.2, 0.25) is 0 Å². The van der Waals surface area contributed by atoms with Crippen molar-refractivity contribution in [2.45, 2.75) is 23.8 Å². The fraction of sp³-hybridized carbons (Fsp3) is 1.00. The Hall–Kier alpha value is 2.10. The summed E-state index contributed by atoms with van der Waals surface area (Å²) in [6.45, 7) is 2.24. The molecule has 0 N–H and O–H groups in total. The first-order valence-electron chi connectivity index (χ1n) is 5.91. The van der Waals surface area contributed by atoms with Crippen molar-refractivity contribution in [3.8, 4) is 0 Å². The molecule has 6 heteroatoms. The smallest absolute Gasteiger partial charge is 0.0226 e. The molecule has 17 heavy (non-hydrogen) atoms. The summed E-state index contributed by atoms with van der Waals surface area (Å²) >= 11 is 19.2. The van der Waals surface area contributed by atoms with Gasteiger partial charge in [0.05, 0.1) is 0 Å². The van der Waals surface area contributed by atoms with Crippen molar-refractivity contribution in [2.75, 3.05) is 40.3 Å². The normalized spacial score (nSPS) is 14.8. The maximum atomic E-state index is 4.43. The van der Waals surface area contributed by atoms with E-state index in [0.29, 0.717) is 10.5 Å². The highest BCUT2D eigenvalue weighted by atomic mass is 32.2. The van der Waals surface area contributed by atoms with Crippen LogP contribution in [-0.2, 0) is 0 Å². The summed E-state index contributed by atoms with van der Waals surface area (Å²) in [5.74, 6) is 7.75. The van der Waals surface area contributed by atoms with Crippen LogP contribution in [0.15, 0.2) is 0 Å². The average Bonchev–Trinajstić information content (AvgIpc) is 2.37. The zero-order valence-electron chi connectivity index (χ0n) is 10.4. The van der Waals surface area contributed by atoms with Crippen molar-refractivity contribution in [3.05, 3.63) is 0 Å². The molecule has 0 aromatic rings. The number of rotatable bonds is 12. The largest absolute Gasteiger partial charge is 0.179 e. The predicted molar refractivity (Wildman–Crippen MR) is 102 cm³/mol. The minimum atomic E-state index is 0.673. The molecule has 0 bridgehead atoms. The lowest BCUT2D eigenvalue weighted by Gasteiger charge is -2.16. The minimum Gasteiger partial charge on any atom is -0.179 e. The van der Waals surface area contributed by atoms with E-state index in [-0.39, 0.29) is 0 Å². The fourth-order valence-electron chi connectivity index (χ4n) is 1.14. The Kier molecular flexibility index (Phi) is 16.3. The summed E-state index contributed by atoms with van der Waals surface area (Å²) in [6.07, 6.45) is 1.26. The first kappa shape index (κ1) is 19.1. The van der Waals surface area contributed by atoms with Gasteiger partial charge in [-0.05, 0) is 17.9 Å². The molecule has 0 amide bonds. The molecule has 0 aliphatic carbocycles. The topological polar surface area (TPSA) is 0 Å². The van der Waals surface area contributed by atoms with E-state index < -0.39 is 0 Å². The number of thiol groups is 3. The number of hydrogen-bond acceptors (Lipinski definition) is 6. The van der Waals surface area contributed by atoms with Crippen molar-refractivity contribution in [3.63, 3.8) is 0 Å². The SMILES string of the molecule is CCCSC(CS)CSCC(CS)SCCS. The van der Waals surface area contributed by atoms with Gasteiger partial charge in [-0.25, -0.2) is 0 Å². The van der Waals surface area contributed by atoms with E-state index in [0.717, 1.165) is 23.0 Å². The molecule has 0 nitrogen and oxygen atoms in total. The van der Waals surface area contributed by atoms with Gasteiger partial charge in [0, 0.05) is 39.3 Å². The van der Waals surface area contributed by atoms with E-state index >= 15 is 0 Å². The van der Waals surface area contributed by atoms with Crippen molar-refractivity contribution < 1.29 is 0 Å². The third-order valence-corrected chi connectivity index (χ3v) is 8.31. The first-order chi connectivity index (χ1) is 8.28. The second-order valence-corrected chi connectivity index (χ2v) is 8.68. The van der Waals surface area contributed by atoms with Crippen LogP contribution in [0.5, 0.6) is 0 Å². The van der Waals surface area contributed by atoms with Gasteiger partial charge in [-0.2, -0.15) is 73.2 Å². The zero-order valence-corrected chi connectivity index (χ0v) is 15.5. The van der Waals surface area contributed by atoms with Gasteiger partial charge in [-0.1, -0.05) is 6.92 Å². The summed E-state index contributed by atoms with van der Waals surface area (Å²) in [5, 5.41) is 1.38. The Morgan fingerprint density at radius 1 is 0.882 bits per heavy atom. The number of hydrogen-bond donors (Lipinski definition) is 3. The molecule has 0 aromatic carbocycles. The highest BCUT2D eigenvalue weighted by molar-refractivity contribution is 8.05. The molecule has 0 spiro atoms. The molecule has 0 rings (SSSR count).